The van der Waals surface area contributed by atoms with Crippen LogP contribution in [0.2, 0.25) is 0 Å². The molecule has 4 nitrogen and oxygen atoms in total. The van der Waals surface area contributed by atoms with Gasteiger partial charge in [0, 0.05) is 5.56 Å². The van der Waals surface area contributed by atoms with E-state index in [1.54, 1.807) is 13.8 Å². The van der Waals surface area contributed by atoms with Crippen LogP contribution in [0.4, 0.5) is 15.8 Å². The molecule has 0 saturated carbocycles. The molecule has 0 unspecified atom stereocenters. The predicted octanol–water partition coefficient (Wildman–Crippen LogP) is 3.18. The van der Waals surface area contributed by atoms with E-state index in [9.17, 15) is 9.18 Å². The zero-order valence-corrected chi connectivity index (χ0v) is 11.0. The second kappa shape index (κ2) is 4.76. The van der Waals surface area contributed by atoms with Crippen molar-refractivity contribution in [1.82, 2.24) is 0 Å². The number of hydrogen-bond donors (Lipinski definition) is 2. The van der Waals surface area contributed by atoms with Crippen molar-refractivity contribution in [2.75, 3.05) is 11.1 Å². The summed E-state index contributed by atoms with van der Waals surface area (Å²) in [6, 6.07) is 3.84. The lowest BCUT2D eigenvalue weighted by molar-refractivity contribution is 0.102. The SMILES string of the molecule is Cc1oc(C)c(C(=O)Nc2ccc(F)cc2N)c1C. The van der Waals surface area contributed by atoms with Gasteiger partial charge in [-0.05, 0) is 39.0 Å². The van der Waals surface area contributed by atoms with Gasteiger partial charge in [-0.25, -0.2) is 4.39 Å². The third-order valence-corrected chi connectivity index (χ3v) is 3.05. The molecule has 3 N–H and O–H groups in total. The molecular weight excluding hydrogens is 247 g/mol. The number of anilines is 2. The van der Waals surface area contributed by atoms with Crippen molar-refractivity contribution in [3.05, 3.63) is 46.7 Å². The Kier molecular flexibility index (Phi) is 3.29. The van der Waals surface area contributed by atoms with Crippen molar-refractivity contribution in [2.24, 2.45) is 0 Å². The van der Waals surface area contributed by atoms with Crippen LogP contribution in [0.1, 0.15) is 27.4 Å². The Balaban J connectivity index is 2.31. The number of furan rings is 1. The zero-order valence-electron chi connectivity index (χ0n) is 11.0. The molecule has 1 aromatic carbocycles. The number of carbonyl (C=O) groups is 1. The second-order valence-electron chi connectivity index (χ2n) is 4.40. The first-order valence-electron chi connectivity index (χ1n) is 5.83. The van der Waals surface area contributed by atoms with E-state index in [1.165, 1.54) is 12.1 Å². The molecule has 1 aromatic heterocycles. The van der Waals surface area contributed by atoms with Crippen molar-refractivity contribution < 1.29 is 13.6 Å². The quantitative estimate of drug-likeness (QED) is 0.817. The van der Waals surface area contributed by atoms with Gasteiger partial charge >= 0.3 is 0 Å². The van der Waals surface area contributed by atoms with Crippen LogP contribution in [-0.4, -0.2) is 5.91 Å². The van der Waals surface area contributed by atoms with E-state index in [0.717, 1.165) is 11.6 Å². The summed E-state index contributed by atoms with van der Waals surface area (Å²) in [7, 11) is 0. The zero-order chi connectivity index (χ0) is 14.2. The highest BCUT2D eigenvalue weighted by atomic mass is 19.1. The average molecular weight is 262 g/mol. The van der Waals surface area contributed by atoms with Crippen molar-refractivity contribution in [3.63, 3.8) is 0 Å². The Bertz CT molecular complexity index is 647. The Labute approximate surface area is 110 Å². The molecule has 0 aliphatic heterocycles. The molecule has 0 spiro atoms. The van der Waals surface area contributed by atoms with Crippen LogP contribution in [-0.2, 0) is 0 Å². The molecule has 0 bridgehead atoms. The third-order valence-electron chi connectivity index (χ3n) is 3.05. The summed E-state index contributed by atoms with van der Waals surface area (Å²) in [4.78, 5) is 12.2. The van der Waals surface area contributed by atoms with Crippen LogP contribution in [0, 0.1) is 26.6 Å². The number of nitrogen functional groups attached to an aromatic ring is 1. The molecule has 0 saturated heterocycles. The van der Waals surface area contributed by atoms with Gasteiger partial charge in [-0.15, -0.1) is 0 Å². The number of rotatable bonds is 2. The summed E-state index contributed by atoms with van der Waals surface area (Å²) in [5, 5.41) is 2.66. The van der Waals surface area contributed by atoms with Crippen molar-refractivity contribution >= 4 is 17.3 Å². The van der Waals surface area contributed by atoms with Crippen LogP contribution in [0.3, 0.4) is 0 Å². The highest BCUT2D eigenvalue weighted by Crippen LogP contribution is 2.24. The number of benzene rings is 1. The van der Waals surface area contributed by atoms with E-state index in [0.29, 0.717) is 22.8 Å². The fourth-order valence-electron chi connectivity index (χ4n) is 1.96. The van der Waals surface area contributed by atoms with Gasteiger partial charge in [0.1, 0.15) is 17.3 Å². The maximum absolute atomic E-state index is 12.9. The van der Waals surface area contributed by atoms with Gasteiger partial charge in [0.25, 0.3) is 5.91 Å². The Morgan fingerprint density at radius 1 is 1.26 bits per heavy atom. The fourth-order valence-corrected chi connectivity index (χ4v) is 1.96. The molecule has 1 heterocycles. The number of aryl methyl sites for hydroxylation is 2. The minimum Gasteiger partial charge on any atom is -0.466 e. The number of nitrogens with one attached hydrogen (secondary N) is 1. The lowest BCUT2D eigenvalue weighted by Gasteiger charge is -2.08. The van der Waals surface area contributed by atoms with Crippen LogP contribution < -0.4 is 11.1 Å². The van der Waals surface area contributed by atoms with E-state index in [-0.39, 0.29) is 11.6 Å². The van der Waals surface area contributed by atoms with Crippen LogP contribution in [0.15, 0.2) is 22.6 Å². The molecule has 2 aromatic rings. The number of amides is 1. The molecule has 100 valence electrons. The van der Waals surface area contributed by atoms with E-state index < -0.39 is 5.82 Å². The monoisotopic (exact) mass is 262 g/mol. The van der Waals surface area contributed by atoms with Gasteiger partial charge in [0.2, 0.25) is 0 Å². The number of nitrogens with two attached hydrogens (primary N) is 1. The minimum atomic E-state index is -0.443. The molecule has 0 aliphatic carbocycles. The number of hydrogen-bond acceptors (Lipinski definition) is 3. The summed E-state index contributed by atoms with van der Waals surface area (Å²) >= 11 is 0. The first-order chi connectivity index (χ1) is 8.90. The first-order valence-corrected chi connectivity index (χ1v) is 5.83. The van der Waals surface area contributed by atoms with Gasteiger partial charge in [-0.1, -0.05) is 0 Å². The topological polar surface area (TPSA) is 68.3 Å². The van der Waals surface area contributed by atoms with Gasteiger partial charge in [0.05, 0.1) is 16.9 Å². The van der Waals surface area contributed by atoms with E-state index in [2.05, 4.69) is 5.32 Å². The molecule has 0 aliphatic rings. The highest BCUT2D eigenvalue weighted by Gasteiger charge is 2.19. The van der Waals surface area contributed by atoms with E-state index >= 15 is 0 Å². The van der Waals surface area contributed by atoms with Crippen LogP contribution >= 0.6 is 0 Å². The third kappa shape index (κ3) is 2.45. The summed E-state index contributed by atoms with van der Waals surface area (Å²) in [5.74, 6) is 0.495. The highest BCUT2D eigenvalue weighted by molar-refractivity contribution is 6.07. The van der Waals surface area contributed by atoms with Gasteiger partial charge in [0.15, 0.2) is 0 Å². The molecule has 0 radical (unpaired) electrons. The summed E-state index contributed by atoms with van der Waals surface area (Å²) in [5.41, 5.74) is 7.49. The lowest BCUT2D eigenvalue weighted by atomic mass is 10.1. The summed E-state index contributed by atoms with van der Waals surface area (Å²) < 4.78 is 18.3. The first kappa shape index (κ1) is 13.1. The number of carbonyl (C=O) groups excluding carboxylic acids is 1. The minimum absolute atomic E-state index is 0.184. The Morgan fingerprint density at radius 3 is 2.47 bits per heavy atom. The molecule has 0 atom stereocenters. The maximum atomic E-state index is 12.9. The standard InChI is InChI=1S/C14H15FN2O2/c1-7-8(2)19-9(3)13(7)14(18)17-12-5-4-10(15)6-11(12)16/h4-6H,16H2,1-3H3,(H,17,18). The smallest absolute Gasteiger partial charge is 0.259 e. The van der Waals surface area contributed by atoms with E-state index in [1.807, 2.05) is 6.92 Å². The average Bonchev–Trinajstić information content (AvgIpc) is 2.57. The second-order valence-corrected chi connectivity index (χ2v) is 4.40. The van der Waals surface area contributed by atoms with Gasteiger partial charge in [-0.2, -0.15) is 0 Å². The predicted molar refractivity (Wildman–Crippen MR) is 71.7 cm³/mol. The Morgan fingerprint density at radius 2 is 1.95 bits per heavy atom. The summed E-state index contributed by atoms with van der Waals surface area (Å²) in [6.45, 7) is 5.34. The van der Waals surface area contributed by atoms with Gasteiger partial charge in [-0.3, -0.25) is 4.79 Å². The van der Waals surface area contributed by atoms with Crippen LogP contribution in [0.5, 0.6) is 0 Å². The van der Waals surface area contributed by atoms with Crippen molar-refractivity contribution in [3.8, 4) is 0 Å². The Hall–Kier alpha value is -2.30. The molecule has 19 heavy (non-hydrogen) atoms. The normalized spacial score (nSPS) is 10.5. The fraction of sp³-hybridized carbons (Fsp3) is 0.214. The largest absolute Gasteiger partial charge is 0.466 e. The van der Waals surface area contributed by atoms with E-state index in [4.69, 9.17) is 10.2 Å². The molecule has 2 rings (SSSR count). The molecule has 0 fully saturated rings. The molecule has 1 amide bonds. The van der Waals surface area contributed by atoms with Crippen LogP contribution in [0.25, 0.3) is 0 Å². The lowest BCUT2D eigenvalue weighted by Crippen LogP contribution is -2.14. The maximum Gasteiger partial charge on any atom is 0.259 e. The molecular formula is C14H15FN2O2. The van der Waals surface area contributed by atoms with Crippen molar-refractivity contribution in [2.45, 2.75) is 20.8 Å². The molecule has 5 heteroatoms. The summed E-state index contributed by atoms with van der Waals surface area (Å²) in [6.07, 6.45) is 0. The van der Waals surface area contributed by atoms with Crippen molar-refractivity contribution in [1.29, 1.82) is 0 Å². The van der Waals surface area contributed by atoms with Gasteiger partial charge < -0.3 is 15.5 Å². The number of halogens is 1.